The topological polar surface area (TPSA) is 58.4 Å². The molecule has 2 heterocycles. The van der Waals surface area contributed by atoms with E-state index in [-0.39, 0.29) is 30.4 Å². The van der Waals surface area contributed by atoms with Crippen molar-refractivity contribution in [3.8, 4) is 0 Å². The Morgan fingerprint density at radius 3 is 2.32 bits per heavy atom. The number of para-hydroxylation sites is 2. The lowest BCUT2D eigenvalue weighted by Crippen LogP contribution is -2.44. The van der Waals surface area contributed by atoms with Crippen LogP contribution in [0.5, 0.6) is 0 Å². The van der Waals surface area contributed by atoms with E-state index >= 15 is 0 Å². The number of likely N-dealkylation sites (tertiary alicyclic amines) is 1. The summed E-state index contributed by atoms with van der Waals surface area (Å²) >= 11 is 1.44. The molecule has 0 saturated carbocycles. The molecule has 0 unspecified atom stereocenters. The molecule has 31 heavy (non-hydrogen) atoms. The van der Waals surface area contributed by atoms with Gasteiger partial charge in [-0.2, -0.15) is 0 Å². The number of benzene rings is 1. The summed E-state index contributed by atoms with van der Waals surface area (Å²) in [4.78, 5) is 34.7. The molecule has 3 rings (SSSR count). The third-order valence-electron chi connectivity index (χ3n) is 5.86. The van der Waals surface area contributed by atoms with E-state index in [1.807, 2.05) is 66.3 Å². The molecule has 1 saturated heterocycles. The summed E-state index contributed by atoms with van der Waals surface area (Å²) in [5.74, 6) is 1.64. The van der Waals surface area contributed by atoms with Crippen molar-refractivity contribution in [2.75, 3.05) is 18.8 Å². The Morgan fingerprint density at radius 2 is 1.71 bits per heavy atom. The number of amides is 2. The third-order valence-corrected chi connectivity index (χ3v) is 6.82. The fourth-order valence-electron chi connectivity index (χ4n) is 4.79. The molecular weight excluding hydrogens is 408 g/mol. The first-order valence-electron chi connectivity index (χ1n) is 11.3. The number of rotatable bonds is 7. The van der Waals surface area contributed by atoms with Gasteiger partial charge in [0.15, 0.2) is 5.16 Å². The lowest BCUT2D eigenvalue weighted by molar-refractivity contribution is -0.135. The molecule has 6 nitrogen and oxygen atoms in total. The first-order valence-corrected chi connectivity index (χ1v) is 12.3. The zero-order valence-corrected chi connectivity index (χ0v) is 20.5. The summed E-state index contributed by atoms with van der Waals surface area (Å²) in [6.07, 6.45) is 1.18. The van der Waals surface area contributed by atoms with Crippen LogP contribution in [0.25, 0.3) is 11.0 Å². The van der Waals surface area contributed by atoms with Crippen molar-refractivity contribution in [2.24, 2.45) is 11.8 Å². The summed E-state index contributed by atoms with van der Waals surface area (Å²) in [6.45, 7) is 14.5. The number of aromatic nitrogens is 2. The molecule has 0 spiro atoms. The molecule has 2 atom stereocenters. The van der Waals surface area contributed by atoms with E-state index in [9.17, 15) is 9.59 Å². The Morgan fingerprint density at radius 1 is 1.10 bits per heavy atom. The van der Waals surface area contributed by atoms with Crippen LogP contribution < -0.4 is 0 Å². The molecule has 7 heteroatoms. The predicted molar refractivity (Wildman–Crippen MR) is 127 cm³/mol. The fraction of sp³-hybridized carbons (Fsp3) is 0.625. The van der Waals surface area contributed by atoms with Gasteiger partial charge in [0, 0.05) is 25.2 Å². The van der Waals surface area contributed by atoms with Crippen molar-refractivity contribution in [3.63, 3.8) is 0 Å². The second kappa shape index (κ2) is 10.1. The smallest absolute Gasteiger partial charge is 0.243 e. The molecule has 1 aliphatic rings. The van der Waals surface area contributed by atoms with Gasteiger partial charge in [-0.15, -0.1) is 0 Å². The van der Waals surface area contributed by atoms with Crippen LogP contribution in [0.2, 0.25) is 0 Å². The Labute approximate surface area is 190 Å². The van der Waals surface area contributed by atoms with Crippen molar-refractivity contribution >= 4 is 34.6 Å². The number of hydrogen-bond acceptors (Lipinski definition) is 4. The Kier molecular flexibility index (Phi) is 7.68. The van der Waals surface area contributed by atoms with Crippen molar-refractivity contribution < 1.29 is 9.59 Å². The maximum absolute atomic E-state index is 13.1. The number of thioether (sulfide) groups is 1. The summed E-state index contributed by atoms with van der Waals surface area (Å²) < 4.78 is 1.97. The van der Waals surface area contributed by atoms with Gasteiger partial charge in [0.1, 0.15) is 6.54 Å². The highest BCUT2D eigenvalue weighted by molar-refractivity contribution is 7.99. The zero-order valence-electron chi connectivity index (χ0n) is 19.7. The van der Waals surface area contributed by atoms with Gasteiger partial charge in [0.25, 0.3) is 0 Å². The molecule has 1 aliphatic heterocycles. The first kappa shape index (κ1) is 23.6. The van der Waals surface area contributed by atoms with E-state index < -0.39 is 0 Å². The van der Waals surface area contributed by atoms with Gasteiger partial charge in [-0.3, -0.25) is 9.59 Å². The van der Waals surface area contributed by atoms with E-state index in [1.165, 1.54) is 18.2 Å². The van der Waals surface area contributed by atoms with Crippen LogP contribution in [0, 0.1) is 11.8 Å². The fourth-order valence-corrected chi connectivity index (χ4v) is 5.71. The van der Waals surface area contributed by atoms with Crippen LogP contribution in [0.1, 0.15) is 48.0 Å². The molecule has 170 valence electrons. The molecule has 1 aromatic carbocycles. The molecule has 2 amide bonds. The lowest BCUT2D eigenvalue weighted by atomic mass is 9.92. The Bertz CT molecular complexity index is 905. The second-order valence-electron chi connectivity index (χ2n) is 9.49. The second-order valence-corrected chi connectivity index (χ2v) is 10.4. The number of imidazole rings is 1. The highest BCUT2D eigenvalue weighted by atomic mass is 32.2. The molecule has 1 fully saturated rings. The van der Waals surface area contributed by atoms with E-state index in [0.29, 0.717) is 17.6 Å². The van der Waals surface area contributed by atoms with Crippen LogP contribution in [0.15, 0.2) is 29.4 Å². The number of piperidine rings is 1. The van der Waals surface area contributed by atoms with E-state index in [2.05, 4.69) is 13.8 Å². The Balaban J connectivity index is 1.79. The number of carbonyl (C=O) groups is 2. The first-order chi connectivity index (χ1) is 14.7. The summed E-state index contributed by atoms with van der Waals surface area (Å²) in [7, 11) is 0. The van der Waals surface area contributed by atoms with Gasteiger partial charge < -0.3 is 14.4 Å². The Hall–Kier alpha value is -2.02. The summed E-state index contributed by atoms with van der Waals surface area (Å²) in [6, 6.07) is 8.12. The summed E-state index contributed by atoms with van der Waals surface area (Å²) in [5, 5.41) is 0.730. The average Bonchev–Trinajstić information content (AvgIpc) is 3.02. The molecule has 0 N–H and O–H groups in total. The van der Waals surface area contributed by atoms with E-state index in [0.717, 1.165) is 29.3 Å². The van der Waals surface area contributed by atoms with Gasteiger partial charge in [0.05, 0.1) is 16.8 Å². The number of hydrogen-bond donors (Lipinski definition) is 0. The molecule has 0 bridgehead atoms. The minimum Gasteiger partial charge on any atom is -0.341 e. The molecule has 0 aliphatic carbocycles. The van der Waals surface area contributed by atoms with Gasteiger partial charge >= 0.3 is 0 Å². The lowest BCUT2D eigenvalue weighted by Gasteiger charge is -2.35. The molecule has 1 aromatic heterocycles. The molecule has 2 aromatic rings. The van der Waals surface area contributed by atoms with Crippen LogP contribution in [0.4, 0.5) is 0 Å². The van der Waals surface area contributed by atoms with Crippen LogP contribution in [0.3, 0.4) is 0 Å². The zero-order chi connectivity index (χ0) is 22.7. The maximum atomic E-state index is 13.1. The van der Waals surface area contributed by atoms with Crippen molar-refractivity contribution in [1.82, 2.24) is 19.4 Å². The quantitative estimate of drug-likeness (QED) is 0.598. The minimum absolute atomic E-state index is 0.0695. The van der Waals surface area contributed by atoms with Gasteiger partial charge in [-0.25, -0.2) is 4.98 Å². The van der Waals surface area contributed by atoms with Gasteiger partial charge in [0.2, 0.25) is 11.8 Å². The largest absolute Gasteiger partial charge is 0.341 e. The maximum Gasteiger partial charge on any atom is 0.243 e. The molecule has 0 radical (unpaired) electrons. The van der Waals surface area contributed by atoms with Crippen molar-refractivity contribution in [2.45, 2.75) is 71.7 Å². The van der Waals surface area contributed by atoms with E-state index in [1.54, 1.807) is 0 Å². The van der Waals surface area contributed by atoms with Gasteiger partial charge in [-0.05, 0) is 58.1 Å². The SMILES string of the molecule is CC(C)N(C(=O)Cn1c(SCC(=O)N2C[C@H](C)C[C@@H](C)C2)nc2ccccc21)C(C)C. The van der Waals surface area contributed by atoms with Crippen LogP contribution in [-0.4, -0.2) is 62.1 Å². The van der Waals surface area contributed by atoms with Crippen molar-refractivity contribution in [3.05, 3.63) is 24.3 Å². The minimum atomic E-state index is 0.0695. The van der Waals surface area contributed by atoms with E-state index in [4.69, 9.17) is 4.98 Å². The number of nitrogens with zero attached hydrogens (tertiary/aromatic N) is 4. The predicted octanol–water partition coefficient (Wildman–Crippen LogP) is 4.28. The standard InChI is InChI=1S/C24H36N4O2S/c1-16(2)28(17(3)4)22(29)14-27-21-10-8-7-9-20(21)25-24(27)31-15-23(30)26-12-18(5)11-19(6)13-26/h7-10,16-19H,11-15H2,1-6H3/t18-,19-/m1/s1. The monoisotopic (exact) mass is 444 g/mol. The highest BCUT2D eigenvalue weighted by Gasteiger charge is 2.27. The van der Waals surface area contributed by atoms with Crippen LogP contribution >= 0.6 is 11.8 Å². The third kappa shape index (κ3) is 5.62. The van der Waals surface area contributed by atoms with Crippen LogP contribution in [-0.2, 0) is 16.1 Å². The number of carbonyl (C=O) groups excluding carboxylic acids is 2. The molecular formula is C24H36N4O2S. The number of fused-ring (bicyclic) bond motifs is 1. The van der Waals surface area contributed by atoms with Crippen molar-refractivity contribution in [1.29, 1.82) is 0 Å². The summed E-state index contributed by atoms with van der Waals surface area (Å²) in [5.41, 5.74) is 1.78. The highest BCUT2D eigenvalue weighted by Crippen LogP contribution is 2.27. The average molecular weight is 445 g/mol. The van der Waals surface area contributed by atoms with Gasteiger partial charge in [-0.1, -0.05) is 37.7 Å². The normalized spacial score (nSPS) is 19.4.